The third-order valence-electron chi connectivity index (χ3n) is 4.03. The van der Waals surface area contributed by atoms with Crippen molar-refractivity contribution in [1.29, 1.82) is 0 Å². The van der Waals surface area contributed by atoms with Gasteiger partial charge in [-0.15, -0.1) is 11.3 Å². The summed E-state index contributed by atoms with van der Waals surface area (Å²) in [5.74, 6) is 0.222. The molecule has 0 bridgehead atoms. The molecule has 1 fully saturated rings. The number of nitrogens with zero attached hydrogens (tertiary/aromatic N) is 1. The van der Waals surface area contributed by atoms with Gasteiger partial charge in [-0.2, -0.15) is 0 Å². The Kier molecular flexibility index (Phi) is 5.27. The van der Waals surface area contributed by atoms with Gasteiger partial charge >= 0.3 is 6.03 Å². The minimum Gasteiger partial charge on any atom is -0.396 e. The maximum Gasteiger partial charge on any atom is 0.317 e. The number of hydrogen-bond acceptors (Lipinski definition) is 3. The quantitative estimate of drug-likeness (QED) is 0.900. The predicted octanol–water partition coefficient (Wildman–Crippen LogP) is 3.25. The van der Waals surface area contributed by atoms with Gasteiger partial charge in [0.15, 0.2) is 0 Å². The molecule has 2 heterocycles. The molecule has 21 heavy (non-hydrogen) atoms. The summed E-state index contributed by atoms with van der Waals surface area (Å²) in [6.45, 7) is 8.03. The van der Waals surface area contributed by atoms with Crippen molar-refractivity contribution in [3.63, 3.8) is 0 Å². The van der Waals surface area contributed by atoms with Crippen LogP contribution in [-0.2, 0) is 0 Å². The molecule has 118 valence electrons. The van der Waals surface area contributed by atoms with E-state index in [1.807, 2.05) is 16.3 Å². The largest absolute Gasteiger partial charge is 0.396 e. The van der Waals surface area contributed by atoms with E-state index in [4.69, 9.17) is 0 Å². The Morgan fingerprint density at radius 2 is 2.33 bits per heavy atom. The first-order valence-electron chi connectivity index (χ1n) is 7.61. The highest BCUT2D eigenvalue weighted by atomic mass is 32.1. The molecule has 1 saturated heterocycles. The molecule has 0 spiro atoms. The summed E-state index contributed by atoms with van der Waals surface area (Å²) in [5.41, 5.74) is -0.0350. The topological polar surface area (TPSA) is 52.6 Å². The van der Waals surface area contributed by atoms with E-state index in [9.17, 15) is 9.90 Å². The number of thiophene rings is 1. The number of likely N-dealkylation sites (tertiary alicyclic amines) is 1. The number of amides is 2. The lowest BCUT2D eigenvalue weighted by Crippen LogP contribution is -2.48. The van der Waals surface area contributed by atoms with Gasteiger partial charge in [-0.05, 0) is 35.6 Å². The van der Waals surface area contributed by atoms with E-state index in [1.165, 1.54) is 4.88 Å². The summed E-state index contributed by atoms with van der Waals surface area (Å²) < 4.78 is 0. The average Bonchev–Trinajstić information content (AvgIpc) is 2.97. The zero-order valence-corrected chi connectivity index (χ0v) is 13.9. The fourth-order valence-corrected chi connectivity index (χ4v) is 3.80. The second kappa shape index (κ2) is 6.79. The molecular weight excluding hydrogens is 284 g/mol. The highest BCUT2D eigenvalue weighted by Crippen LogP contribution is 2.35. The first-order chi connectivity index (χ1) is 9.91. The summed E-state index contributed by atoms with van der Waals surface area (Å²) in [5, 5.41) is 14.5. The van der Waals surface area contributed by atoms with E-state index in [0.717, 1.165) is 19.4 Å². The molecule has 1 aliphatic heterocycles. The van der Waals surface area contributed by atoms with Crippen molar-refractivity contribution in [2.75, 3.05) is 19.7 Å². The van der Waals surface area contributed by atoms with Gasteiger partial charge in [0.05, 0.1) is 6.04 Å². The van der Waals surface area contributed by atoms with Crippen LogP contribution in [0.15, 0.2) is 17.5 Å². The summed E-state index contributed by atoms with van der Waals surface area (Å²) >= 11 is 1.68. The van der Waals surface area contributed by atoms with E-state index < -0.39 is 0 Å². The highest BCUT2D eigenvalue weighted by Gasteiger charge is 2.31. The van der Waals surface area contributed by atoms with E-state index in [-0.39, 0.29) is 30.0 Å². The van der Waals surface area contributed by atoms with Crippen LogP contribution in [0.4, 0.5) is 4.79 Å². The number of urea groups is 1. The van der Waals surface area contributed by atoms with Gasteiger partial charge in [0.25, 0.3) is 0 Å². The van der Waals surface area contributed by atoms with Crippen molar-refractivity contribution >= 4 is 17.4 Å². The third-order valence-corrected chi connectivity index (χ3v) is 4.96. The Morgan fingerprint density at radius 1 is 1.57 bits per heavy atom. The number of carbonyl (C=O) groups is 1. The molecule has 1 aromatic rings. The molecule has 1 aromatic heterocycles. The summed E-state index contributed by atoms with van der Waals surface area (Å²) in [4.78, 5) is 15.6. The minimum atomic E-state index is -0.0350. The zero-order valence-electron chi connectivity index (χ0n) is 13.1. The van der Waals surface area contributed by atoms with E-state index in [1.54, 1.807) is 11.3 Å². The van der Waals surface area contributed by atoms with Gasteiger partial charge in [0.2, 0.25) is 0 Å². The van der Waals surface area contributed by atoms with Crippen LogP contribution in [0.5, 0.6) is 0 Å². The maximum atomic E-state index is 12.5. The lowest BCUT2D eigenvalue weighted by Gasteiger charge is -2.36. The van der Waals surface area contributed by atoms with Gasteiger partial charge < -0.3 is 15.3 Å². The third kappa shape index (κ3) is 4.20. The number of rotatable bonds is 3. The van der Waals surface area contributed by atoms with E-state index >= 15 is 0 Å². The summed E-state index contributed by atoms with van der Waals surface area (Å²) in [6, 6.07) is 4.10. The number of carbonyl (C=O) groups excluding carboxylic acids is 1. The first-order valence-corrected chi connectivity index (χ1v) is 8.49. The average molecular weight is 310 g/mol. The Hall–Kier alpha value is -1.07. The maximum absolute atomic E-state index is 12.5. The number of hydrogen-bond donors (Lipinski definition) is 2. The van der Waals surface area contributed by atoms with Crippen LogP contribution in [0.3, 0.4) is 0 Å². The minimum absolute atomic E-state index is 0.0125. The molecule has 2 amide bonds. The van der Waals surface area contributed by atoms with Gasteiger partial charge in [-0.1, -0.05) is 26.8 Å². The number of piperidine rings is 1. The van der Waals surface area contributed by atoms with Crippen molar-refractivity contribution in [1.82, 2.24) is 10.2 Å². The first kappa shape index (κ1) is 16.3. The normalized spacial score (nSPS) is 21.1. The molecule has 4 nitrogen and oxygen atoms in total. The molecule has 2 atom stereocenters. The monoisotopic (exact) mass is 310 g/mol. The Balaban J connectivity index is 2.05. The molecule has 0 aromatic carbocycles. The second-order valence-electron chi connectivity index (χ2n) is 6.90. The van der Waals surface area contributed by atoms with Crippen molar-refractivity contribution < 1.29 is 9.90 Å². The molecule has 1 aliphatic rings. The van der Waals surface area contributed by atoms with Crippen LogP contribution >= 0.6 is 11.3 Å². The van der Waals surface area contributed by atoms with Crippen LogP contribution in [0.25, 0.3) is 0 Å². The number of aliphatic hydroxyl groups is 1. The van der Waals surface area contributed by atoms with Gasteiger partial charge in [-0.25, -0.2) is 4.79 Å². The van der Waals surface area contributed by atoms with Crippen molar-refractivity contribution in [3.8, 4) is 0 Å². The van der Waals surface area contributed by atoms with Crippen molar-refractivity contribution in [3.05, 3.63) is 22.4 Å². The molecule has 5 heteroatoms. The summed E-state index contributed by atoms with van der Waals surface area (Å²) in [6.07, 6.45) is 1.98. The Bertz CT molecular complexity index is 453. The Labute approximate surface area is 131 Å². The molecule has 2 unspecified atom stereocenters. The molecule has 2 rings (SSSR count). The fraction of sp³-hybridized carbons (Fsp3) is 0.688. The predicted molar refractivity (Wildman–Crippen MR) is 86.4 cm³/mol. The second-order valence-corrected chi connectivity index (χ2v) is 7.88. The Morgan fingerprint density at radius 3 is 2.90 bits per heavy atom. The lowest BCUT2D eigenvalue weighted by atomic mass is 9.86. The molecule has 0 saturated carbocycles. The van der Waals surface area contributed by atoms with Crippen LogP contribution in [0.2, 0.25) is 0 Å². The zero-order chi connectivity index (χ0) is 15.5. The molecule has 0 aliphatic carbocycles. The van der Waals surface area contributed by atoms with Gasteiger partial charge in [0.1, 0.15) is 0 Å². The van der Waals surface area contributed by atoms with Crippen LogP contribution in [0.1, 0.15) is 44.5 Å². The standard InChI is InChI=1S/C16H26N2O2S/c1-16(2,3)14(13-7-5-9-21-13)17-15(20)18-8-4-6-12(10-18)11-19/h5,7,9,12,14,19H,4,6,8,10-11H2,1-3H3,(H,17,20). The molecule has 0 radical (unpaired) electrons. The van der Waals surface area contributed by atoms with Gasteiger partial charge in [0, 0.05) is 24.6 Å². The van der Waals surface area contributed by atoms with E-state index in [2.05, 4.69) is 32.2 Å². The molecular formula is C16H26N2O2S. The fourth-order valence-electron chi connectivity index (χ4n) is 2.78. The number of aliphatic hydroxyl groups excluding tert-OH is 1. The van der Waals surface area contributed by atoms with Crippen LogP contribution in [0, 0.1) is 11.3 Å². The highest BCUT2D eigenvalue weighted by molar-refractivity contribution is 7.10. The van der Waals surface area contributed by atoms with Crippen LogP contribution in [-0.4, -0.2) is 35.7 Å². The lowest BCUT2D eigenvalue weighted by molar-refractivity contribution is 0.123. The van der Waals surface area contributed by atoms with Crippen molar-refractivity contribution in [2.24, 2.45) is 11.3 Å². The smallest absolute Gasteiger partial charge is 0.317 e. The van der Waals surface area contributed by atoms with Crippen LogP contribution < -0.4 is 5.32 Å². The SMILES string of the molecule is CC(C)(C)C(NC(=O)N1CCCC(CO)C1)c1cccs1. The van der Waals surface area contributed by atoms with Gasteiger partial charge in [-0.3, -0.25) is 0 Å². The summed E-state index contributed by atoms with van der Waals surface area (Å²) in [7, 11) is 0. The molecule has 2 N–H and O–H groups in total. The number of nitrogens with one attached hydrogen (secondary N) is 1. The van der Waals surface area contributed by atoms with Crippen molar-refractivity contribution in [2.45, 2.75) is 39.7 Å². The van der Waals surface area contributed by atoms with E-state index in [0.29, 0.717) is 6.54 Å².